The number of anilines is 2. The lowest BCUT2D eigenvalue weighted by molar-refractivity contribution is -0.119. The third-order valence-corrected chi connectivity index (χ3v) is 5.98. The number of aromatic nitrogens is 2. The molecule has 0 fully saturated rings. The summed E-state index contributed by atoms with van der Waals surface area (Å²) < 4.78 is 0. The molecule has 1 aromatic carbocycles. The fraction of sp³-hybridized carbons (Fsp3) is 0.304. The van der Waals surface area contributed by atoms with Gasteiger partial charge in [-0.2, -0.15) is 0 Å². The number of nitrogens with zero attached hydrogens (tertiary/aromatic N) is 5. The van der Waals surface area contributed by atoms with Gasteiger partial charge in [0.05, 0.1) is 17.0 Å². The lowest BCUT2D eigenvalue weighted by Gasteiger charge is -2.25. The molecule has 3 heterocycles. The number of nitrogens with two attached hydrogens (primary N) is 1. The Morgan fingerprint density at radius 3 is 2.81 bits per heavy atom. The Morgan fingerprint density at radius 2 is 2.09 bits per heavy atom. The predicted molar refractivity (Wildman–Crippen MR) is 125 cm³/mol. The van der Waals surface area contributed by atoms with Crippen molar-refractivity contribution in [3.8, 4) is 0 Å². The topological polar surface area (TPSA) is 126 Å². The van der Waals surface area contributed by atoms with Crippen molar-refractivity contribution in [2.75, 3.05) is 18.1 Å². The van der Waals surface area contributed by atoms with Gasteiger partial charge >= 0.3 is 0 Å². The number of allylic oxidation sites excluding steroid dienone is 1. The molecule has 9 nitrogen and oxygen atoms in total. The summed E-state index contributed by atoms with van der Waals surface area (Å²) in [6.07, 6.45) is 4.64. The van der Waals surface area contributed by atoms with Gasteiger partial charge in [-0.25, -0.2) is 15.0 Å². The number of hydrogen-bond donors (Lipinski definition) is 2. The van der Waals surface area contributed by atoms with Crippen molar-refractivity contribution < 1.29 is 4.79 Å². The van der Waals surface area contributed by atoms with Gasteiger partial charge in [0.25, 0.3) is 0 Å². The first-order valence-electron chi connectivity index (χ1n) is 10.4. The first kappa shape index (κ1) is 21.4. The maximum atomic E-state index is 13.1. The minimum absolute atomic E-state index is 0.175. The van der Waals surface area contributed by atoms with Crippen LogP contribution in [0, 0.1) is 4.91 Å². The van der Waals surface area contributed by atoms with Gasteiger partial charge in [-0.15, -0.1) is 4.91 Å². The monoisotopic (exact) mass is 431 g/mol. The highest BCUT2D eigenvalue weighted by Crippen LogP contribution is 2.45. The number of fused-ring (bicyclic) bond motifs is 1. The predicted octanol–water partition coefficient (Wildman–Crippen LogP) is 4.10. The fourth-order valence-corrected chi connectivity index (χ4v) is 4.03. The van der Waals surface area contributed by atoms with E-state index in [2.05, 4.69) is 34.0 Å². The number of amides is 1. The van der Waals surface area contributed by atoms with Crippen LogP contribution in [0.25, 0.3) is 5.70 Å². The van der Waals surface area contributed by atoms with E-state index in [9.17, 15) is 9.70 Å². The van der Waals surface area contributed by atoms with E-state index < -0.39 is 5.41 Å². The Bertz CT molecular complexity index is 1200. The average molecular weight is 432 g/mol. The Balaban J connectivity index is 1.79. The summed E-state index contributed by atoms with van der Waals surface area (Å²) in [5.74, 6) is 0.530. The summed E-state index contributed by atoms with van der Waals surface area (Å²) in [6, 6.07) is 6.58. The zero-order valence-corrected chi connectivity index (χ0v) is 18.3. The van der Waals surface area contributed by atoms with Gasteiger partial charge in [0.15, 0.2) is 5.82 Å². The van der Waals surface area contributed by atoms with E-state index in [4.69, 9.17) is 10.7 Å². The number of nitroso groups, excluding NO2 is 1. The first-order chi connectivity index (χ1) is 15.3. The van der Waals surface area contributed by atoms with Crippen molar-refractivity contribution in [3.05, 3.63) is 64.6 Å². The molecule has 9 heteroatoms. The van der Waals surface area contributed by atoms with Gasteiger partial charge in [0, 0.05) is 13.2 Å². The molecule has 2 aliphatic heterocycles. The van der Waals surface area contributed by atoms with Crippen LogP contribution in [0.4, 0.5) is 17.3 Å². The molecule has 0 saturated carbocycles. The largest absolute Gasteiger partial charge is 0.383 e. The van der Waals surface area contributed by atoms with E-state index in [1.807, 2.05) is 11.9 Å². The van der Waals surface area contributed by atoms with Crippen molar-refractivity contribution in [1.82, 2.24) is 14.9 Å². The maximum absolute atomic E-state index is 13.1. The SMILES string of the molecule is C=C1C(CCCC)=NC(c2nc(N)c3c(n2)NC(=O)C3(C)c2cccc(N=O)c2)=CN1C. The number of hydrogen-bond acceptors (Lipinski definition) is 8. The molecule has 3 N–H and O–H groups in total. The third kappa shape index (κ3) is 3.35. The van der Waals surface area contributed by atoms with Crippen molar-refractivity contribution in [1.29, 1.82) is 0 Å². The number of nitrogen functional groups attached to an aromatic ring is 1. The van der Waals surface area contributed by atoms with Gasteiger partial charge in [-0.05, 0) is 42.6 Å². The average Bonchev–Trinajstić information content (AvgIpc) is 3.05. The Kier molecular flexibility index (Phi) is 5.33. The Labute approximate surface area is 186 Å². The second-order valence-electron chi connectivity index (χ2n) is 8.11. The zero-order chi connectivity index (χ0) is 23.0. The van der Waals surface area contributed by atoms with Crippen LogP contribution in [0.1, 0.15) is 50.1 Å². The smallest absolute Gasteiger partial charge is 0.240 e. The molecule has 1 aromatic heterocycles. The summed E-state index contributed by atoms with van der Waals surface area (Å²) in [5, 5.41) is 5.80. The van der Waals surface area contributed by atoms with Crippen LogP contribution >= 0.6 is 0 Å². The van der Waals surface area contributed by atoms with Crippen molar-refractivity contribution in [2.24, 2.45) is 10.2 Å². The highest BCUT2D eigenvalue weighted by Gasteiger charge is 2.47. The van der Waals surface area contributed by atoms with Gasteiger partial charge < -0.3 is 16.0 Å². The number of carbonyl (C=O) groups excluding carboxylic acids is 1. The number of rotatable bonds is 6. The first-order valence-corrected chi connectivity index (χ1v) is 10.4. The molecule has 0 radical (unpaired) electrons. The second kappa shape index (κ2) is 7.99. The molecule has 164 valence electrons. The molecule has 4 rings (SSSR count). The Hall–Kier alpha value is -3.88. The molecule has 1 amide bonds. The minimum Gasteiger partial charge on any atom is -0.383 e. The van der Waals surface area contributed by atoms with Crippen LogP contribution in [-0.2, 0) is 10.2 Å². The molecule has 1 unspecified atom stereocenters. The van der Waals surface area contributed by atoms with Gasteiger partial charge in [-0.3, -0.25) is 4.79 Å². The number of benzene rings is 1. The minimum atomic E-state index is -1.15. The molecule has 0 saturated heterocycles. The Morgan fingerprint density at radius 1 is 1.31 bits per heavy atom. The van der Waals surface area contributed by atoms with Crippen molar-refractivity contribution in [3.63, 3.8) is 0 Å². The molecule has 0 spiro atoms. The van der Waals surface area contributed by atoms with E-state index in [1.54, 1.807) is 37.4 Å². The summed E-state index contributed by atoms with van der Waals surface area (Å²) in [4.78, 5) is 39.8. The summed E-state index contributed by atoms with van der Waals surface area (Å²) in [5.41, 5.74) is 8.76. The van der Waals surface area contributed by atoms with Crippen molar-refractivity contribution >= 4 is 34.6 Å². The van der Waals surface area contributed by atoms with Crippen LogP contribution in [0.2, 0.25) is 0 Å². The third-order valence-electron chi connectivity index (χ3n) is 5.98. The number of aliphatic imine (C=N–C) groups is 1. The van der Waals surface area contributed by atoms with E-state index in [-0.39, 0.29) is 17.4 Å². The van der Waals surface area contributed by atoms with Gasteiger partial charge in [0.1, 0.15) is 28.4 Å². The second-order valence-corrected chi connectivity index (χ2v) is 8.11. The normalized spacial score (nSPS) is 19.9. The molecule has 2 aliphatic rings. The molecular formula is C23H25N7O2. The molecular weight excluding hydrogens is 406 g/mol. The number of unbranched alkanes of at least 4 members (excludes halogenated alkanes) is 1. The highest BCUT2D eigenvalue weighted by molar-refractivity contribution is 6.09. The van der Waals surface area contributed by atoms with Crippen LogP contribution < -0.4 is 11.1 Å². The van der Waals surface area contributed by atoms with Crippen LogP contribution in [-0.4, -0.2) is 33.5 Å². The highest BCUT2D eigenvalue weighted by atomic mass is 16.3. The lowest BCUT2D eigenvalue weighted by Crippen LogP contribution is -2.33. The maximum Gasteiger partial charge on any atom is 0.240 e. The summed E-state index contributed by atoms with van der Waals surface area (Å²) in [7, 11) is 1.90. The molecule has 2 aromatic rings. The lowest BCUT2D eigenvalue weighted by atomic mass is 9.77. The van der Waals surface area contributed by atoms with Crippen molar-refractivity contribution in [2.45, 2.75) is 38.5 Å². The standard InChI is InChI=1S/C23H25N7O2/c1-5-6-10-16-13(2)30(4)12-17(25-16)20-26-19(24)18-21(27-20)28-22(31)23(18,3)14-8-7-9-15(11-14)29-32/h7-9,11-12H,2,5-6,10H2,1,3-4H3,(H3,24,26,27,28,31). The molecule has 0 aliphatic carbocycles. The van der Waals surface area contributed by atoms with E-state index >= 15 is 0 Å². The molecule has 32 heavy (non-hydrogen) atoms. The summed E-state index contributed by atoms with van der Waals surface area (Å²) >= 11 is 0. The quantitative estimate of drug-likeness (QED) is 0.663. The zero-order valence-electron chi connectivity index (χ0n) is 18.3. The van der Waals surface area contributed by atoms with E-state index in [0.717, 1.165) is 30.7 Å². The fourth-order valence-electron chi connectivity index (χ4n) is 4.03. The van der Waals surface area contributed by atoms with Gasteiger partial charge in [-0.1, -0.05) is 32.1 Å². The number of carbonyl (C=O) groups is 1. The van der Waals surface area contributed by atoms with Crippen LogP contribution in [0.5, 0.6) is 0 Å². The van der Waals surface area contributed by atoms with Crippen LogP contribution in [0.3, 0.4) is 0 Å². The summed E-state index contributed by atoms with van der Waals surface area (Å²) in [6.45, 7) is 7.96. The molecule has 1 atom stereocenters. The van der Waals surface area contributed by atoms with E-state index in [1.165, 1.54) is 0 Å². The van der Waals surface area contributed by atoms with Crippen LogP contribution in [0.15, 0.2) is 52.9 Å². The number of nitrogens with one attached hydrogen (secondary N) is 1. The van der Waals surface area contributed by atoms with E-state index in [0.29, 0.717) is 28.5 Å². The van der Waals surface area contributed by atoms with Gasteiger partial charge in [0.2, 0.25) is 5.91 Å². The molecule has 0 bridgehead atoms.